The van der Waals surface area contributed by atoms with Crippen molar-refractivity contribution in [2.75, 3.05) is 19.4 Å². The smallest absolute Gasteiger partial charge is 0.406 e. The lowest BCUT2D eigenvalue weighted by Gasteiger charge is -2.01. The third-order valence-corrected chi connectivity index (χ3v) is 2.92. The van der Waals surface area contributed by atoms with Crippen LogP contribution in [0.2, 0.25) is 0 Å². The van der Waals surface area contributed by atoms with Crippen molar-refractivity contribution in [3.63, 3.8) is 0 Å². The van der Waals surface area contributed by atoms with Crippen LogP contribution in [0.3, 0.4) is 0 Å². The van der Waals surface area contributed by atoms with Gasteiger partial charge < -0.3 is 10.1 Å². The first kappa shape index (κ1) is 13.8. The van der Waals surface area contributed by atoms with E-state index in [0.29, 0.717) is 6.54 Å². The van der Waals surface area contributed by atoms with E-state index in [2.05, 4.69) is 32.2 Å². The molecule has 0 aliphatic carbocycles. The van der Waals surface area contributed by atoms with Gasteiger partial charge >= 0.3 is 6.09 Å². The fraction of sp³-hybridized carbons (Fsp3) is 0.700. The zero-order valence-corrected chi connectivity index (χ0v) is 11.0. The van der Waals surface area contributed by atoms with Crippen LogP contribution in [0.4, 0.5) is 4.79 Å². The zero-order chi connectivity index (χ0) is 12.5. The molecule has 6 nitrogen and oxygen atoms in total. The highest BCUT2D eigenvalue weighted by Gasteiger charge is 2.03. The van der Waals surface area contributed by atoms with Gasteiger partial charge in [-0.3, -0.25) is 5.10 Å². The molecular formula is C10H18N4O2S. The van der Waals surface area contributed by atoms with Crippen LogP contribution in [0.25, 0.3) is 0 Å². The second-order valence-corrected chi connectivity index (χ2v) is 4.51. The number of ether oxygens (including phenoxy) is 1. The first-order valence-electron chi connectivity index (χ1n) is 5.62. The van der Waals surface area contributed by atoms with Crippen molar-refractivity contribution >= 4 is 17.9 Å². The number of rotatable bonds is 7. The summed E-state index contributed by atoms with van der Waals surface area (Å²) < 4.78 is 4.46. The van der Waals surface area contributed by atoms with E-state index >= 15 is 0 Å². The van der Waals surface area contributed by atoms with Gasteiger partial charge in [0.2, 0.25) is 0 Å². The highest BCUT2D eigenvalue weighted by molar-refractivity contribution is 7.99. The Bertz CT molecular complexity index is 343. The van der Waals surface area contributed by atoms with Crippen molar-refractivity contribution < 1.29 is 9.53 Å². The quantitative estimate of drug-likeness (QED) is 0.573. The van der Waals surface area contributed by atoms with Crippen molar-refractivity contribution in [1.82, 2.24) is 20.5 Å². The van der Waals surface area contributed by atoms with Crippen LogP contribution < -0.4 is 5.32 Å². The molecule has 1 aromatic heterocycles. The molecule has 1 heterocycles. The number of aryl methyl sites for hydroxylation is 1. The Balaban J connectivity index is 2.18. The number of carbonyl (C=O) groups is 1. The first-order valence-corrected chi connectivity index (χ1v) is 6.60. The molecule has 0 spiro atoms. The SMILES string of the molecule is CCCCc1n[nH]c(SCCNC(=O)OC)n1. The van der Waals surface area contributed by atoms with E-state index in [0.717, 1.165) is 36.0 Å². The van der Waals surface area contributed by atoms with Crippen LogP contribution in [0.15, 0.2) is 5.16 Å². The number of carbonyl (C=O) groups excluding carboxylic acids is 1. The predicted molar refractivity (Wildman–Crippen MR) is 66.1 cm³/mol. The zero-order valence-electron chi connectivity index (χ0n) is 10.2. The van der Waals surface area contributed by atoms with Gasteiger partial charge in [-0.15, -0.1) is 0 Å². The van der Waals surface area contributed by atoms with Crippen molar-refractivity contribution in [1.29, 1.82) is 0 Å². The summed E-state index contributed by atoms with van der Waals surface area (Å²) in [4.78, 5) is 15.1. The Hall–Kier alpha value is -1.24. The first-order chi connectivity index (χ1) is 8.26. The molecule has 2 N–H and O–H groups in total. The number of hydrogen-bond acceptors (Lipinski definition) is 5. The maximum atomic E-state index is 10.8. The number of unbranched alkanes of at least 4 members (excludes halogenated alkanes) is 1. The Morgan fingerprint density at radius 3 is 3.12 bits per heavy atom. The van der Waals surface area contributed by atoms with E-state index in [1.165, 1.54) is 18.9 Å². The molecule has 0 saturated heterocycles. The fourth-order valence-electron chi connectivity index (χ4n) is 1.16. The van der Waals surface area contributed by atoms with Crippen LogP contribution in [0, 0.1) is 0 Å². The van der Waals surface area contributed by atoms with Gasteiger partial charge in [0, 0.05) is 18.7 Å². The van der Waals surface area contributed by atoms with E-state index in [1.807, 2.05) is 0 Å². The van der Waals surface area contributed by atoms with Crippen LogP contribution in [0.1, 0.15) is 25.6 Å². The molecule has 17 heavy (non-hydrogen) atoms. The molecule has 0 aliphatic rings. The number of aromatic amines is 1. The van der Waals surface area contributed by atoms with E-state index in [9.17, 15) is 4.79 Å². The fourth-order valence-corrected chi connectivity index (χ4v) is 1.84. The van der Waals surface area contributed by atoms with Gasteiger partial charge in [-0.2, -0.15) is 5.10 Å². The number of thioether (sulfide) groups is 1. The Kier molecular flexibility index (Phi) is 6.46. The van der Waals surface area contributed by atoms with Gasteiger partial charge in [0.05, 0.1) is 7.11 Å². The molecule has 96 valence electrons. The maximum absolute atomic E-state index is 10.8. The number of amides is 1. The topological polar surface area (TPSA) is 79.9 Å². The van der Waals surface area contributed by atoms with Gasteiger partial charge in [0.15, 0.2) is 11.0 Å². The molecule has 7 heteroatoms. The van der Waals surface area contributed by atoms with E-state index in [1.54, 1.807) is 0 Å². The summed E-state index contributed by atoms with van der Waals surface area (Å²) in [6, 6.07) is 0. The molecular weight excluding hydrogens is 240 g/mol. The number of nitrogens with zero attached hydrogens (tertiary/aromatic N) is 2. The van der Waals surface area contributed by atoms with E-state index in [4.69, 9.17) is 0 Å². The second kappa shape index (κ2) is 7.94. The highest BCUT2D eigenvalue weighted by Crippen LogP contribution is 2.11. The van der Waals surface area contributed by atoms with Gasteiger partial charge in [-0.1, -0.05) is 25.1 Å². The molecule has 0 aromatic carbocycles. The summed E-state index contributed by atoms with van der Waals surface area (Å²) in [7, 11) is 1.35. The average Bonchev–Trinajstić information content (AvgIpc) is 2.79. The van der Waals surface area contributed by atoms with Crippen LogP contribution in [-0.4, -0.2) is 40.7 Å². The molecule has 0 unspecified atom stereocenters. The van der Waals surface area contributed by atoms with Gasteiger partial charge in [-0.05, 0) is 6.42 Å². The third kappa shape index (κ3) is 5.58. The number of nitrogens with one attached hydrogen (secondary N) is 2. The van der Waals surface area contributed by atoms with Gasteiger partial charge in [0.25, 0.3) is 0 Å². The van der Waals surface area contributed by atoms with Crippen LogP contribution >= 0.6 is 11.8 Å². The summed E-state index contributed by atoms with van der Waals surface area (Å²) >= 11 is 1.53. The second-order valence-electron chi connectivity index (χ2n) is 3.43. The van der Waals surface area contributed by atoms with Gasteiger partial charge in [-0.25, -0.2) is 9.78 Å². The lowest BCUT2D eigenvalue weighted by molar-refractivity contribution is 0.172. The molecule has 0 radical (unpaired) electrons. The Morgan fingerprint density at radius 1 is 1.59 bits per heavy atom. The van der Waals surface area contributed by atoms with E-state index < -0.39 is 6.09 Å². The number of H-pyrrole nitrogens is 1. The monoisotopic (exact) mass is 258 g/mol. The predicted octanol–water partition coefficient (Wildman–Crippen LogP) is 1.60. The molecule has 1 aromatic rings. The van der Waals surface area contributed by atoms with Crippen molar-refractivity contribution in [2.24, 2.45) is 0 Å². The number of aromatic nitrogens is 3. The maximum Gasteiger partial charge on any atom is 0.406 e. The van der Waals surface area contributed by atoms with Crippen LogP contribution in [0.5, 0.6) is 0 Å². The minimum Gasteiger partial charge on any atom is -0.453 e. The lowest BCUT2D eigenvalue weighted by atomic mass is 10.2. The van der Waals surface area contributed by atoms with Crippen molar-refractivity contribution in [3.8, 4) is 0 Å². The molecule has 0 bridgehead atoms. The third-order valence-electron chi connectivity index (χ3n) is 2.06. The summed E-state index contributed by atoms with van der Waals surface area (Å²) in [6.07, 6.45) is 2.74. The molecule has 0 atom stereocenters. The summed E-state index contributed by atoms with van der Waals surface area (Å²) in [5, 5.41) is 10.4. The van der Waals surface area contributed by atoms with E-state index in [-0.39, 0.29) is 0 Å². The number of hydrogen-bond donors (Lipinski definition) is 2. The minimum absolute atomic E-state index is 0.410. The standard InChI is InChI=1S/C10H18N4O2S/c1-3-4-5-8-12-9(14-13-8)17-7-6-11-10(15)16-2/h3-7H2,1-2H3,(H,11,15)(H,12,13,14). The Morgan fingerprint density at radius 2 is 2.41 bits per heavy atom. The molecule has 0 aliphatic heterocycles. The van der Waals surface area contributed by atoms with Crippen molar-refractivity contribution in [2.45, 2.75) is 31.3 Å². The Labute approximate surface area is 105 Å². The average molecular weight is 258 g/mol. The molecule has 1 rings (SSSR count). The lowest BCUT2D eigenvalue weighted by Crippen LogP contribution is -2.25. The molecule has 1 amide bonds. The largest absolute Gasteiger partial charge is 0.453 e. The normalized spacial score (nSPS) is 10.2. The summed E-state index contributed by atoms with van der Waals surface area (Å²) in [5.41, 5.74) is 0. The number of alkyl carbamates (subject to hydrolysis) is 1. The summed E-state index contributed by atoms with van der Waals surface area (Å²) in [6.45, 7) is 2.68. The summed E-state index contributed by atoms with van der Waals surface area (Å²) in [5.74, 6) is 1.59. The molecule has 0 fully saturated rings. The van der Waals surface area contributed by atoms with Crippen molar-refractivity contribution in [3.05, 3.63) is 5.82 Å². The highest BCUT2D eigenvalue weighted by atomic mass is 32.2. The molecule has 0 saturated carbocycles. The van der Waals surface area contributed by atoms with Gasteiger partial charge in [0.1, 0.15) is 0 Å². The minimum atomic E-state index is -0.410. The van der Waals surface area contributed by atoms with Crippen LogP contribution in [-0.2, 0) is 11.2 Å². The number of methoxy groups -OCH3 is 1.